The molecule has 1 fully saturated rings. The van der Waals surface area contributed by atoms with E-state index in [1.54, 1.807) is 0 Å². The van der Waals surface area contributed by atoms with Crippen LogP contribution in [0.15, 0.2) is 0 Å². The molecular formula is C14H30N2S. The first-order chi connectivity index (χ1) is 8.21. The van der Waals surface area contributed by atoms with Crippen molar-refractivity contribution in [2.45, 2.75) is 57.7 Å². The summed E-state index contributed by atoms with van der Waals surface area (Å²) < 4.78 is 0. The van der Waals surface area contributed by atoms with Gasteiger partial charge in [0.1, 0.15) is 0 Å². The highest BCUT2D eigenvalue weighted by atomic mass is 32.2. The monoisotopic (exact) mass is 258 g/mol. The summed E-state index contributed by atoms with van der Waals surface area (Å²) in [6, 6.07) is 0.444. The molecular weight excluding hydrogens is 228 g/mol. The maximum Gasteiger partial charge on any atom is 0.0202 e. The van der Waals surface area contributed by atoms with Crippen LogP contribution in [0.3, 0.4) is 0 Å². The Morgan fingerprint density at radius 3 is 2.47 bits per heavy atom. The van der Waals surface area contributed by atoms with Crippen LogP contribution in [0.25, 0.3) is 0 Å². The summed E-state index contributed by atoms with van der Waals surface area (Å²) in [4.78, 5) is 2.50. The van der Waals surface area contributed by atoms with Gasteiger partial charge >= 0.3 is 0 Å². The topological polar surface area (TPSA) is 29.3 Å². The van der Waals surface area contributed by atoms with Crippen LogP contribution in [0, 0.1) is 5.92 Å². The molecule has 1 saturated carbocycles. The van der Waals surface area contributed by atoms with Crippen LogP contribution in [-0.4, -0.2) is 41.6 Å². The second-order valence-corrected chi connectivity index (χ2v) is 6.53. The summed E-state index contributed by atoms with van der Waals surface area (Å²) >= 11 is 2.12. The Kier molecular flexibility index (Phi) is 7.56. The average molecular weight is 258 g/mol. The Bertz CT molecular complexity index is 195. The molecule has 3 atom stereocenters. The van der Waals surface area contributed by atoms with Gasteiger partial charge in [-0.25, -0.2) is 0 Å². The summed E-state index contributed by atoms with van der Waals surface area (Å²) in [5.41, 5.74) is 6.24. The first kappa shape index (κ1) is 15.3. The van der Waals surface area contributed by atoms with Gasteiger partial charge in [0.2, 0.25) is 0 Å². The molecule has 0 radical (unpaired) electrons. The molecule has 0 amide bonds. The zero-order valence-electron chi connectivity index (χ0n) is 11.8. The van der Waals surface area contributed by atoms with Gasteiger partial charge in [0.05, 0.1) is 0 Å². The Morgan fingerprint density at radius 2 is 1.88 bits per heavy atom. The summed E-state index contributed by atoms with van der Waals surface area (Å²) in [5.74, 6) is 2.18. The van der Waals surface area contributed by atoms with E-state index in [1.807, 2.05) is 0 Å². The predicted octanol–water partition coefficient (Wildman–Crippen LogP) is 2.97. The van der Waals surface area contributed by atoms with Crippen LogP contribution >= 0.6 is 11.8 Å². The first-order valence-electron chi connectivity index (χ1n) is 7.30. The SMILES string of the molecule is CCC1CCC(N)C(SCCN(CC)CC)C1. The molecule has 3 heteroatoms. The van der Waals surface area contributed by atoms with Crippen LogP contribution in [0.1, 0.15) is 46.5 Å². The summed E-state index contributed by atoms with van der Waals surface area (Å²) in [7, 11) is 0. The molecule has 1 aliphatic carbocycles. The minimum Gasteiger partial charge on any atom is -0.327 e. The van der Waals surface area contributed by atoms with Gasteiger partial charge in [0.15, 0.2) is 0 Å². The van der Waals surface area contributed by atoms with E-state index in [4.69, 9.17) is 5.73 Å². The highest BCUT2D eigenvalue weighted by molar-refractivity contribution is 8.00. The number of thioether (sulfide) groups is 1. The molecule has 0 aromatic rings. The van der Waals surface area contributed by atoms with Crippen molar-refractivity contribution in [3.8, 4) is 0 Å². The quantitative estimate of drug-likeness (QED) is 0.761. The van der Waals surface area contributed by atoms with Crippen molar-refractivity contribution in [3.05, 3.63) is 0 Å². The molecule has 17 heavy (non-hydrogen) atoms. The summed E-state index contributed by atoms with van der Waals surface area (Å²) in [5, 5.41) is 0.712. The molecule has 2 N–H and O–H groups in total. The van der Waals surface area contributed by atoms with Crippen molar-refractivity contribution in [1.82, 2.24) is 4.90 Å². The number of rotatable bonds is 7. The number of hydrogen-bond acceptors (Lipinski definition) is 3. The minimum atomic E-state index is 0.444. The van der Waals surface area contributed by atoms with E-state index in [9.17, 15) is 0 Å². The molecule has 102 valence electrons. The van der Waals surface area contributed by atoms with E-state index in [2.05, 4.69) is 37.4 Å². The zero-order valence-corrected chi connectivity index (χ0v) is 12.6. The van der Waals surface area contributed by atoms with Crippen molar-refractivity contribution in [2.24, 2.45) is 11.7 Å². The van der Waals surface area contributed by atoms with Crippen molar-refractivity contribution in [2.75, 3.05) is 25.4 Å². The standard InChI is InChI=1S/C14H30N2S/c1-4-12-7-8-13(15)14(11-12)17-10-9-16(5-2)6-3/h12-14H,4-11,15H2,1-3H3. The second kappa shape index (κ2) is 8.39. The molecule has 0 spiro atoms. The third-order valence-electron chi connectivity index (χ3n) is 4.16. The summed E-state index contributed by atoms with van der Waals surface area (Å²) in [6.45, 7) is 10.4. The van der Waals surface area contributed by atoms with Gasteiger partial charge in [0.25, 0.3) is 0 Å². The molecule has 1 aliphatic rings. The Morgan fingerprint density at radius 1 is 1.18 bits per heavy atom. The van der Waals surface area contributed by atoms with Gasteiger partial charge < -0.3 is 10.6 Å². The number of nitrogens with two attached hydrogens (primary N) is 1. The van der Waals surface area contributed by atoms with Gasteiger partial charge in [0, 0.05) is 23.6 Å². The van der Waals surface area contributed by atoms with Crippen LogP contribution in [0.4, 0.5) is 0 Å². The molecule has 2 nitrogen and oxygen atoms in total. The Labute approximate surface area is 112 Å². The van der Waals surface area contributed by atoms with Crippen molar-refractivity contribution in [3.63, 3.8) is 0 Å². The average Bonchev–Trinajstić information content (AvgIpc) is 2.36. The van der Waals surface area contributed by atoms with E-state index in [1.165, 1.54) is 51.1 Å². The fourth-order valence-corrected chi connectivity index (χ4v) is 4.13. The lowest BCUT2D eigenvalue weighted by Gasteiger charge is -2.33. The lowest BCUT2D eigenvalue weighted by Crippen LogP contribution is -2.39. The predicted molar refractivity (Wildman–Crippen MR) is 79.6 cm³/mol. The molecule has 0 bridgehead atoms. The molecule has 3 unspecified atom stereocenters. The van der Waals surface area contributed by atoms with E-state index in [-0.39, 0.29) is 0 Å². The van der Waals surface area contributed by atoms with Crippen LogP contribution in [0.2, 0.25) is 0 Å². The van der Waals surface area contributed by atoms with Crippen molar-refractivity contribution >= 4 is 11.8 Å². The first-order valence-corrected chi connectivity index (χ1v) is 8.35. The van der Waals surface area contributed by atoms with Gasteiger partial charge in [-0.2, -0.15) is 11.8 Å². The Hall–Kier alpha value is 0.270. The second-order valence-electron chi connectivity index (χ2n) is 5.19. The van der Waals surface area contributed by atoms with Gasteiger partial charge in [-0.05, 0) is 38.3 Å². The molecule has 0 aromatic heterocycles. The lowest BCUT2D eigenvalue weighted by atomic mass is 9.84. The van der Waals surface area contributed by atoms with E-state index in [0.29, 0.717) is 11.3 Å². The van der Waals surface area contributed by atoms with Gasteiger partial charge in [-0.1, -0.05) is 27.2 Å². The Balaban J connectivity index is 2.24. The zero-order chi connectivity index (χ0) is 12.7. The molecule has 0 saturated heterocycles. The lowest BCUT2D eigenvalue weighted by molar-refractivity contribution is 0.318. The maximum absolute atomic E-state index is 6.24. The van der Waals surface area contributed by atoms with Crippen LogP contribution in [0.5, 0.6) is 0 Å². The third-order valence-corrected chi connectivity index (χ3v) is 5.55. The summed E-state index contributed by atoms with van der Waals surface area (Å²) in [6.07, 6.45) is 5.27. The van der Waals surface area contributed by atoms with E-state index in [0.717, 1.165) is 5.92 Å². The van der Waals surface area contributed by atoms with Gasteiger partial charge in [-0.15, -0.1) is 0 Å². The third kappa shape index (κ3) is 5.19. The van der Waals surface area contributed by atoms with Crippen LogP contribution < -0.4 is 5.73 Å². The normalized spacial score (nSPS) is 29.8. The van der Waals surface area contributed by atoms with E-state index >= 15 is 0 Å². The number of hydrogen-bond donors (Lipinski definition) is 1. The molecule has 0 heterocycles. The van der Waals surface area contributed by atoms with Crippen molar-refractivity contribution in [1.29, 1.82) is 0 Å². The van der Waals surface area contributed by atoms with Gasteiger partial charge in [-0.3, -0.25) is 0 Å². The number of nitrogens with zero attached hydrogens (tertiary/aromatic N) is 1. The van der Waals surface area contributed by atoms with E-state index < -0.39 is 0 Å². The minimum absolute atomic E-state index is 0.444. The highest BCUT2D eigenvalue weighted by Crippen LogP contribution is 2.33. The maximum atomic E-state index is 6.24. The molecule has 0 aromatic carbocycles. The molecule has 0 aliphatic heterocycles. The molecule has 1 rings (SSSR count). The highest BCUT2D eigenvalue weighted by Gasteiger charge is 2.27. The largest absolute Gasteiger partial charge is 0.327 e. The fourth-order valence-electron chi connectivity index (χ4n) is 2.67. The fraction of sp³-hybridized carbons (Fsp3) is 1.00. The van der Waals surface area contributed by atoms with Crippen LogP contribution in [-0.2, 0) is 0 Å². The smallest absolute Gasteiger partial charge is 0.0202 e. The van der Waals surface area contributed by atoms with Crippen molar-refractivity contribution < 1.29 is 0 Å².